The molecule has 0 aliphatic carbocycles. The van der Waals surface area contributed by atoms with Crippen LogP contribution in [0.1, 0.15) is 36.8 Å². The predicted octanol–water partition coefficient (Wildman–Crippen LogP) is 4.07. The number of alkyl halides is 1. The van der Waals surface area contributed by atoms with Crippen LogP contribution in [0.4, 0.5) is 5.69 Å². The highest BCUT2D eigenvalue weighted by molar-refractivity contribution is 6.17. The number of halogens is 1. The Morgan fingerprint density at radius 3 is 2.33 bits per heavy atom. The van der Waals surface area contributed by atoms with Gasteiger partial charge in [0.2, 0.25) is 5.91 Å². The fraction of sp³-hybridized carbons (Fsp3) is 0.533. The van der Waals surface area contributed by atoms with Crippen molar-refractivity contribution in [2.45, 2.75) is 39.5 Å². The Morgan fingerprint density at radius 2 is 1.78 bits per heavy atom. The van der Waals surface area contributed by atoms with E-state index in [2.05, 4.69) is 0 Å². The molecule has 0 bridgehead atoms. The second-order valence-electron chi connectivity index (χ2n) is 4.69. The Kier molecular flexibility index (Phi) is 6.20. The van der Waals surface area contributed by atoms with Gasteiger partial charge in [-0.25, -0.2) is 0 Å². The Balaban J connectivity index is 2.63. The van der Waals surface area contributed by atoms with Gasteiger partial charge in [0, 0.05) is 25.0 Å². The average Bonchev–Trinajstić information content (AvgIpc) is 2.34. The zero-order valence-corrected chi connectivity index (χ0v) is 12.3. The highest BCUT2D eigenvalue weighted by atomic mass is 35.5. The van der Waals surface area contributed by atoms with E-state index in [1.165, 1.54) is 0 Å². The summed E-state index contributed by atoms with van der Waals surface area (Å²) in [6.07, 6.45) is 3.53. The first-order valence-electron chi connectivity index (χ1n) is 6.46. The van der Waals surface area contributed by atoms with Crippen LogP contribution in [0.3, 0.4) is 0 Å². The van der Waals surface area contributed by atoms with Crippen molar-refractivity contribution in [2.75, 3.05) is 17.8 Å². The van der Waals surface area contributed by atoms with Crippen LogP contribution in [0.25, 0.3) is 0 Å². The molecule has 1 rings (SSSR count). The van der Waals surface area contributed by atoms with E-state index < -0.39 is 0 Å². The van der Waals surface area contributed by atoms with E-state index in [-0.39, 0.29) is 5.91 Å². The molecule has 0 aliphatic rings. The number of unbranched alkanes of at least 4 members (excludes halogenated alkanes) is 2. The predicted molar refractivity (Wildman–Crippen MR) is 78.5 cm³/mol. The molecule has 2 nitrogen and oxygen atoms in total. The molecule has 0 aliphatic heterocycles. The lowest BCUT2D eigenvalue weighted by molar-refractivity contribution is -0.118. The van der Waals surface area contributed by atoms with Crippen LogP contribution in [0.5, 0.6) is 0 Å². The van der Waals surface area contributed by atoms with Crippen LogP contribution in [0, 0.1) is 13.8 Å². The number of amides is 1. The summed E-state index contributed by atoms with van der Waals surface area (Å²) >= 11 is 5.62. The third kappa shape index (κ3) is 4.02. The second-order valence-corrected chi connectivity index (χ2v) is 5.07. The minimum atomic E-state index is 0.182. The standard InChI is InChI=1S/C15H22ClNO/c1-12-8-7-9-13(2)15(12)17(3)14(18)10-5-4-6-11-16/h7-9H,4-6,10-11H2,1-3H3. The van der Waals surface area contributed by atoms with Gasteiger partial charge in [0.1, 0.15) is 0 Å². The average molecular weight is 268 g/mol. The molecule has 0 saturated heterocycles. The fourth-order valence-corrected chi connectivity index (χ4v) is 2.36. The fourth-order valence-electron chi connectivity index (χ4n) is 2.17. The third-order valence-electron chi connectivity index (χ3n) is 3.17. The van der Waals surface area contributed by atoms with Gasteiger partial charge in [0.15, 0.2) is 0 Å². The van der Waals surface area contributed by atoms with E-state index in [9.17, 15) is 4.79 Å². The Labute approximate surface area is 115 Å². The van der Waals surface area contributed by atoms with Gasteiger partial charge in [0.05, 0.1) is 0 Å². The largest absolute Gasteiger partial charge is 0.315 e. The summed E-state index contributed by atoms with van der Waals surface area (Å²) in [6.45, 7) is 4.08. The molecule has 0 heterocycles. The maximum absolute atomic E-state index is 12.1. The summed E-state index contributed by atoms with van der Waals surface area (Å²) in [6, 6.07) is 6.10. The number of hydrogen-bond donors (Lipinski definition) is 0. The van der Waals surface area contributed by atoms with E-state index >= 15 is 0 Å². The third-order valence-corrected chi connectivity index (χ3v) is 3.44. The van der Waals surface area contributed by atoms with Crippen molar-refractivity contribution in [1.29, 1.82) is 0 Å². The van der Waals surface area contributed by atoms with Crippen LogP contribution < -0.4 is 4.90 Å². The van der Waals surface area contributed by atoms with E-state index in [0.29, 0.717) is 12.3 Å². The molecule has 0 spiro atoms. The SMILES string of the molecule is Cc1cccc(C)c1N(C)C(=O)CCCCCCl. The first-order valence-corrected chi connectivity index (χ1v) is 7.00. The van der Waals surface area contributed by atoms with Crippen LogP contribution in [0.15, 0.2) is 18.2 Å². The Bertz CT molecular complexity index is 383. The highest BCUT2D eigenvalue weighted by Crippen LogP contribution is 2.24. The van der Waals surface area contributed by atoms with E-state index in [4.69, 9.17) is 11.6 Å². The van der Waals surface area contributed by atoms with Crippen molar-refractivity contribution in [3.8, 4) is 0 Å². The first kappa shape index (κ1) is 15.0. The van der Waals surface area contributed by atoms with E-state index in [1.807, 2.05) is 39.1 Å². The molecular formula is C15H22ClNO. The molecule has 0 saturated carbocycles. The molecule has 100 valence electrons. The molecule has 1 aromatic rings. The lowest BCUT2D eigenvalue weighted by atomic mass is 10.1. The molecule has 1 aromatic carbocycles. The molecule has 1 amide bonds. The van der Waals surface area contributed by atoms with Gasteiger partial charge < -0.3 is 4.90 Å². The van der Waals surface area contributed by atoms with Crippen LogP contribution >= 0.6 is 11.6 Å². The van der Waals surface area contributed by atoms with Gasteiger partial charge in [-0.15, -0.1) is 11.6 Å². The van der Waals surface area contributed by atoms with E-state index in [1.54, 1.807) is 4.90 Å². The lowest BCUT2D eigenvalue weighted by Gasteiger charge is -2.21. The van der Waals surface area contributed by atoms with Crippen molar-refractivity contribution in [3.05, 3.63) is 29.3 Å². The topological polar surface area (TPSA) is 20.3 Å². The Morgan fingerprint density at radius 1 is 1.17 bits per heavy atom. The number of rotatable bonds is 6. The summed E-state index contributed by atoms with van der Waals surface area (Å²) < 4.78 is 0. The molecule has 0 atom stereocenters. The zero-order valence-electron chi connectivity index (χ0n) is 11.5. The molecule has 0 N–H and O–H groups in total. The number of anilines is 1. The minimum absolute atomic E-state index is 0.182. The van der Waals surface area contributed by atoms with Gasteiger partial charge in [-0.3, -0.25) is 4.79 Å². The number of hydrogen-bond acceptors (Lipinski definition) is 1. The summed E-state index contributed by atoms with van der Waals surface area (Å²) in [4.78, 5) is 13.9. The molecule has 3 heteroatoms. The van der Waals surface area contributed by atoms with Crippen LogP contribution in [-0.2, 0) is 4.79 Å². The molecular weight excluding hydrogens is 246 g/mol. The number of carbonyl (C=O) groups is 1. The van der Waals surface area contributed by atoms with Crippen molar-refractivity contribution in [3.63, 3.8) is 0 Å². The van der Waals surface area contributed by atoms with Crippen molar-refractivity contribution < 1.29 is 4.79 Å². The number of aryl methyl sites for hydroxylation is 2. The van der Waals surface area contributed by atoms with E-state index in [0.717, 1.165) is 36.1 Å². The number of benzene rings is 1. The summed E-state index contributed by atoms with van der Waals surface area (Å²) in [5, 5.41) is 0. The molecule has 18 heavy (non-hydrogen) atoms. The summed E-state index contributed by atoms with van der Waals surface area (Å²) in [5.41, 5.74) is 3.33. The summed E-state index contributed by atoms with van der Waals surface area (Å²) in [5.74, 6) is 0.864. The molecule has 0 radical (unpaired) electrons. The van der Waals surface area contributed by atoms with Crippen molar-refractivity contribution >= 4 is 23.2 Å². The van der Waals surface area contributed by atoms with Gasteiger partial charge in [0.25, 0.3) is 0 Å². The van der Waals surface area contributed by atoms with Gasteiger partial charge >= 0.3 is 0 Å². The molecule has 0 aromatic heterocycles. The second kappa shape index (κ2) is 7.42. The quantitative estimate of drug-likeness (QED) is 0.562. The normalized spacial score (nSPS) is 10.4. The zero-order chi connectivity index (χ0) is 13.5. The monoisotopic (exact) mass is 267 g/mol. The lowest BCUT2D eigenvalue weighted by Crippen LogP contribution is -2.27. The molecule has 0 unspecified atom stereocenters. The van der Waals surface area contributed by atoms with Gasteiger partial charge in [-0.2, -0.15) is 0 Å². The van der Waals surface area contributed by atoms with Crippen molar-refractivity contribution in [2.24, 2.45) is 0 Å². The number of nitrogens with zero attached hydrogens (tertiary/aromatic N) is 1. The van der Waals surface area contributed by atoms with Crippen LogP contribution in [-0.4, -0.2) is 18.8 Å². The summed E-state index contributed by atoms with van der Waals surface area (Å²) in [7, 11) is 1.86. The van der Waals surface area contributed by atoms with Gasteiger partial charge in [-0.1, -0.05) is 24.6 Å². The first-order chi connectivity index (χ1) is 8.57. The minimum Gasteiger partial charge on any atom is -0.315 e. The molecule has 0 fully saturated rings. The van der Waals surface area contributed by atoms with Crippen LogP contribution in [0.2, 0.25) is 0 Å². The number of para-hydroxylation sites is 1. The maximum atomic E-state index is 12.1. The number of carbonyl (C=O) groups excluding carboxylic acids is 1. The highest BCUT2D eigenvalue weighted by Gasteiger charge is 2.14. The smallest absolute Gasteiger partial charge is 0.226 e. The Hall–Kier alpha value is -1.02. The maximum Gasteiger partial charge on any atom is 0.226 e. The van der Waals surface area contributed by atoms with Crippen molar-refractivity contribution in [1.82, 2.24) is 0 Å². The van der Waals surface area contributed by atoms with Gasteiger partial charge in [-0.05, 0) is 37.8 Å².